The van der Waals surface area contributed by atoms with Crippen molar-refractivity contribution in [1.82, 2.24) is 25.2 Å². The maximum absolute atomic E-state index is 12.9. The number of fused-ring (bicyclic) bond motifs is 1. The molecule has 8 nitrogen and oxygen atoms in total. The lowest BCUT2D eigenvalue weighted by Gasteiger charge is -2.25. The molecule has 0 aliphatic heterocycles. The minimum atomic E-state index is 0.00525. The number of benzene rings is 1. The molecule has 1 fully saturated rings. The monoisotopic (exact) mass is 411 g/mol. The summed E-state index contributed by atoms with van der Waals surface area (Å²) in [6.45, 7) is 6.70. The van der Waals surface area contributed by atoms with E-state index in [-0.39, 0.29) is 5.56 Å². The third-order valence-corrected chi connectivity index (χ3v) is 6.48. The highest BCUT2D eigenvalue weighted by Crippen LogP contribution is 2.19. The third kappa shape index (κ3) is 4.29. The van der Waals surface area contributed by atoms with Crippen LogP contribution in [0.25, 0.3) is 10.9 Å². The standard InChI is InChI=1S/C22H30N6O2/c1-15-8-9-17-12-18(22(29)23-21(17)16(15)2)13-27(19-6-4-5-7-19)14-20-24-25-26-28(20)10-11-30-3/h8-9,12,19H,4-7,10-11,13-14H2,1-3H3,(H,23,29)/p+1. The summed E-state index contributed by atoms with van der Waals surface area (Å²) in [5, 5.41) is 13.3. The maximum Gasteiger partial charge on any atom is 0.257 e. The fraction of sp³-hybridized carbons (Fsp3) is 0.545. The summed E-state index contributed by atoms with van der Waals surface area (Å²) < 4.78 is 6.99. The minimum absolute atomic E-state index is 0.00525. The Hall–Kier alpha value is -2.58. The lowest BCUT2D eigenvalue weighted by Crippen LogP contribution is -3.13. The van der Waals surface area contributed by atoms with Crippen molar-refractivity contribution < 1.29 is 9.64 Å². The highest BCUT2D eigenvalue weighted by Gasteiger charge is 2.29. The number of aryl methyl sites for hydroxylation is 2. The lowest BCUT2D eigenvalue weighted by atomic mass is 10.0. The molecule has 160 valence electrons. The van der Waals surface area contributed by atoms with Crippen LogP contribution in [0.4, 0.5) is 0 Å². The molecule has 0 spiro atoms. The van der Waals surface area contributed by atoms with E-state index in [9.17, 15) is 4.79 Å². The Kier molecular flexibility index (Phi) is 6.24. The number of hydrogen-bond acceptors (Lipinski definition) is 5. The van der Waals surface area contributed by atoms with Gasteiger partial charge in [0.25, 0.3) is 5.56 Å². The van der Waals surface area contributed by atoms with E-state index in [1.807, 2.05) is 4.68 Å². The second-order valence-corrected chi connectivity index (χ2v) is 8.40. The lowest BCUT2D eigenvalue weighted by molar-refractivity contribution is -0.952. The Balaban J connectivity index is 1.63. The highest BCUT2D eigenvalue weighted by molar-refractivity contribution is 5.83. The third-order valence-electron chi connectivity index (χ3n) is 6.48. The van der Waals surface area contributed by atoms with Gasteiger partial charge < -0.3 is 14.6 Å². The molecule has 1 aliphatic carbocycles. The van der Waals surface area contributed by atoms with Crippen LogP contribution in [0.3, 0.4) is 0 Å². The van der Waals surface area contributed by atoms with Crippen molar-refractivity contribution in [2.45, 2.75) is 65.2 Å². The summed E-state index contributed by atoms with van der Waals surface area (Å²) in [5.74, 6) is 0.845. The number of tetrazole rings is 1. The smallest absolute Gasteiger partial charge is 0.257 e. The molecule has 2 heterocycles. The van der Waals surface area contributed by atoms with E-state index in [1.54, 1.807) is 7.11 Å². The molecular formula is C22H31N6O2+. The average Bonchev–Trinajstić information content (AvgIpc) is 3.42. The zero-order valence-electron chi connectivity index (χ0n) is 18.1. The van der Waals surface area contributed by atoms with E-state index < -0.39 is 0 Å². The van der Waals surface area contributed by atoms with Crippen LogP contribution < -0.4 is 10.5 Å². The van der Waals surface area contributed by atoms with Crippen molar-refractivity contribution in [2.75, 3.05) is 13.7 Å². The highest BCUT2D eigenvalue weighted by atomic mass is 16.5. The van der Waals surface area contributed by atoms with Gasteiger partial charge in [0.05, 0.1) is 30.3 Å². The van der Waals surface area contributed by atoms with Crippen molar-refractivity contribution in [3.63, 3.8) is 0 Å². The predicted octanol–water partition coefficient (Wildman–Crippen LogP) is 1.31. The summed E-state index contributed by atoms with van der Waals surface area (Å²) in [7, 11) is 1.68. The van der Waals surface area contributed by atoms with Crippen molar-refractivity contribution in [2.24, 2.45) is 0 Å². The molecule has 4 rings (SSSR count). The molecule has 3 aromatic rings. The molecule has 1 atom stereocenters. The van der Waals surface area contributed by atoms with Gasteiger partial charge in [0.15, 0.2) is 0 Å². The second-order valence-electron chi connectivity index (χ2n) is 8.40. The van der Waals surface area contributed by atoms with E-state index in [0.717, 1.165) is 27.9 Å². The van der Waals surface area contributed by atoms with Crippen LogP contribution in [0.2, 0.25) is 0 Å². The van der Waals surface area contributed by atoms with Gasteiger partial charge in [-0.3, -0.25) is 4.79 Å². The molecule has 0 bridgehead atoms. The van der Waals surface area contributed by atoms with Gasteiger partial charge in [-0.05, 0) is 72.5 Å². The van der Waals surface area contributed by atoms with Crippen molar-refractivity contribution >= 4 is 10.9 Å². The number of aromatic amines is 1. The quantitative estimate of drug-likeness (QED) is 0.583. The first-order chi connectivity index (χ1) is 14.6. The zero-order chi connectivity index (χ0) is 21.1. The van der Waals surface area contributed by atoms with Gasteiger partial charge in [0, 0.05) is 7.11 Å². The van der Waals surface area contributed by atoms with E-state index in [4.69, 9.17) is 4.74 Å². The molecule has 1 aliphatic rings. The number of methoxy groups -OCH3 is 1. The van der Waals surface area contributed by atoms with Crippen molar-refractivity contribution in [1.29, 1.82) is 0 Å². The van der Waals surface area contributed by atoms with Crippen LogP contribution in [0.5, 0.6) is 0 Å². The molecule has 0 radical (unpaired) electrons. The first kappa shape index (κ1) is 20.7. The normalized spacial score (nSPS) is 15.8. The zero-order valence-corrected chi connectivity index (χ0v) is 18.1. The van der Waals surface area contributed by atoms with Crippen LogP contribution >= 0.6 is 0 Å². The molecule has 1 saturated carbocycles. The molecule has 2 N–H and O–H groups in total. The summed E-state index contributed by atoms with van der Waals surface area (Å²) in [6.07, 6.45) is 4.85. The molecular weight excluding hydrogens is 380 g/mol. The van der Waals surface area contributed by atoms with Gasteiger partial charge >= 0.3 is 0 Å². The fourth-order valence-corrected chi connectivity index (χ4v) is 4.54. The number of hydrogen-bond donors (Lipinski definition) is 2. The average molecular weight is 412 g/mol. The second kappa shape index (κ2) is 9.06. The topological polar surface area (TPSA) is 90.1 Å². The van der Waals surface area contributed by atoms with E-state index in [1.165, 1.54) is 36.1 Å². The molecule has 8 heteroatoms. The molecule has 30 heavy (non-hydrogen) atoms. The van der Waals surface area contributed by atoms with E-state index in [0.29, 0.717) is 32.3 Å². The Labute approximate surface area is 176 Å². The van der Waals surface area contributed by atoms with Crippen molar-refractivity contribution in [3.8, 4) is 0 Å². The number of rotatable bonds is 8. The van der Waals surface area contributed by atoms with Crippen LogP contribution in [0, 0.1) is 13.8 Å². The predicted molar refractivity (Wildman–Crippen MR) is 114 cm³/mol. The van der Waals surface area contributed by atoms with E-state index >= 15 is 0 Å². The molecule has 0 saturated heterocycles. The van der Waals surface area contributed by atoms with E-state index in [2.05, 4.69) is 52.6 Å². The Bertz CT molecular complexity index is 1070. The summed E-state index contributed by atoms with van der Waals surface area (Å²) in [5.41, 5.74) is 4.09. The largest absolute Gasteiger partial charge is 0.383 e. The molecule has 1 unspecified atom stereocenters. The summed E-state index contributed by atoms with van der Waals surface area (Å²) in [6, 6.07) is 6.79. The van der Waals surface area contributed by atoms with Crippen molar-refractivity contribution in [3.05, 3.63) is 51.1 Å². The fourth-order valence-electron chi connectivity index (χ4n) is 4.54. The minimum Gasteiger partial charge on any atom is -0.383 e. The van der Waals surface area contributed by atoms with Gasteiger partial charge in [0.2, 0.25) is 5.82 Å². The SMILES string of the molecule is COCCn1nnnc1C[NH+](Cc1cc2ccc(C)c(C)c2[nH]c1=O)C1CCCC1. The van der Waals surface area contributed by atoms with Gasteiger partial charge in [0.1, 0.15) is 13.1 Å². The molecule has 2 aromatic heterocycles. The summed E-state index contributed by atoms with van der Waals surface area (Å²) in [4.78, 5) is 17.4. The number of ether oxygens (including phenoxy) is 1. The first-order valence-corrected chi connectivity index (χ1v) is 10.8. The van der Waals surface area contributed by atoms with Gasteiger partial charge in [-0.2, -0.15) is 0 Å². The number of quaternary nitrogens is 1. The maximum atomic E-state index is 12.9. The van der Waals surface area contributed by atoms with Crippen LogP contribution in [0.1, 0.15) is 48.2 Å². The Morgan fingerprint density at radius 2 is 2.03 bits per heavy atom. The number of pyridine rings is 1. The van der Waals surface area contributed by atoms with Crippen LogP contribution in [-0.4, -0.2) is 44.9 Å². The molecule has 1 aromatic carbocycles. The Morgan fingerprint density at radius 3 is 2.80 bits per heavy atom. The number of nitrogens with zero attached hydrogens (tertiary/aromatic N) is 4. The van der Waals surface area contributed by atoms with Crippen LogP contribution in [0.15, 0.2) is 23.0 Å². The number of H-pyrrole nitrogens is 1. The van der Waals surface area contributed by atoms with Gasteiger partial charge in [-0.15, -0.1) is 5.10 Å². The Morgan fingerprint density at radius 1 is 1.23 bits per heavy atom. The first-order valence-electron chi connectivity index (χ1n) is 10.8. The van der Waals surface area contributed by atoms with Gasteiger partial charge in [-0.25, -0.2) is 4.68 Å². The van der Waals surface area contributed by atoms with Gasteiger partial charge in [-0.1, -0.05) is 12.1 Å². The van der Waals surface area contributed by atoms with Crippen LogP contribution in [-0.2, 0) is 24.4 Å². The number of nitrogens with one attached hydrogen (secondary N) is 2. The number of aromatic nitrogens is 5. The molecule has 0 amide bonds. The summed E-state index contributed by atoms with van der Waals surface area (Å²) >= 11 is 0.